The zero-order valence-electron chi connectivity index (χ0n) is 32.3. The van der Waals surface area contributed by atoms with Crippen LogP contribution in [0.2, 0.25) is 0 Å². The van der Waals surface area contributed by atoms with Gasteiger partial charge in [0.15, 0.2) is 0 Å². The highest BCUT2D eigenvalue weighted by atomic mass is 32.1. The van der Waals surface area contributed by atoms with Gasteiger partial charge in [0, 0.05) is 43.3 Å². The van der Waals surface area contributed by atoms with Gasteiger partial charge in [-0.3, -0.25) is 0 Å². The second-order valence-corrected chi connectivity index (χ2v) is 19.2. The van der Waals surface area contributed by atoms with Gasteiger partial charge >= 0.3 is 0 Å². The second-order valence-electron chi connectivity index (χ2n) is 18.2. The van der Waals surface area contributed by atoms with E-state index in [1.807, 2.05) is 11.3 Å². The molecule has 258 valence electrons. The molecule has 1 aromatic heterocycles. The molecule has 0 saturated carbocycles. The number of hydrogen-bond donors (Lipinski definition) is 0. The zero-order chi connectivity index (χ0) is 36.2. The highest BCUT2D eigenvalue weighted by molar-refractivity contribution is 7.33. The molecule has 0 amide bonds. The van der Waals surface area contributed by atoms with Gasteiger partial charge in [0.2, 0.25) is 0 Å². The highest BCUT2D eigenvalue weighted by Crippen LogP contribution is 2.48. The summed E-state index contributed by atoms with van der Waals surface area (Å²) in [5.41, 5.74) is 16.0. The first-order chi connectivity index (χ1) is 24.0. The number of hydrogen-bond acceptors (Lipinski definition) is 3. The van der Waals surface area contributed by atoms with Gasteiger partial charge in [-0.2, -0.15) is 0 Å². The van der Waals surface area contributed by atoms with E-state index in [0.29, 0.717) is 5.92 Å². The number of benzene rings is 5. The number of fused-ring (bicyclic) bond motifs is 6. The summed E-state index contributed by atoms with van der Waals surface area (Å²) >= 11 is 1.98. The van der Waals surface area contributed by atoms with E-state index in [1.54, 1.807) is 0 Å². The van der Waals surface area contributed by atoms with E-state index in [2.05, 4.69) is 189 Å². The molecule has 8 rings (SSSR count). The van der Waals surface area contributed by atoms with Gasteiger partial charge in [0.05, 0.1) is 5.69 Å². The van der Waals surface area contributed by atoms with Crippen LogP contribution in [0.25, 0.3) is 10.1 Å². The third-order valence-electron chi connectivity index (χ3n) is 11.1. The Bertz CT molecular complexity index is 2290. The maximum absolute atomic E-state index is 2.58. The van der Waals surface area contributed by atoms with Gasteiger partial charge in [-0.25, -0.2) is 0 Å². The van der Waals surface area contributed by atoms with Crippen LogP contribution in [0.1, 0.15) is 104 Å². The van der Waals surface area contributed by atoms with Crippen LogP contribution in [0.4, 0.5) is 34.1 Å². The minimum atomic E-state index is 0.0502. The zero-order valence-corrected chi connectivity index (χ0v) is 33.1. The SMILES string of the molecule is CC(C)c1ccc2c(c1)B1c3sc4ccc(C(C)(C)C)cc4c3N(c3ccc(C(C)(C)C)cc3)c3cccc(c31)N2c1ccc(C(C)(C)C)cc1. The van der Waals surface area contributed by atoms with Gasteiger partial charge in [0.1, 0.15) is 0 Å². The molecule has 5 aromatic carbocycles. The summed E-state index contributed by atoms with van der Waals surface area (Å²) in [7, 11) is 0. The lowest BCUT2D eigenvalue weighted by molar-refractivity contribution is 0.590. The lowest BCUT2D eigenvalue weighted by Crippen LogP contribution is -2.60. The Hall–Kier alpha value is -4.28. The molecule has 51 heavy (non-hydrogen) atoms. The molecule has 6 aromatic rings. The summed E-state index contributed by atoms with van der Waals surface area (Å²) in [6.07, 6.45) is 0. The van der Waals surface area contributed by atoms with Gasteiger partial charge in [-0.1, -0.05) is 125 Å². The second kappa shape index (κ2) is 11.6. The standard InChI is InChI=1S/C47H51BN2S/c1-29(2)30-15-25-38-37(27-30)48-42-39(49(38)34-21-16-31(17-22-34)45(3,4)5)13-12-14-40(42)50(35-23-18-32(19-24-35)46(6,7)8)43-36-28-33(47(9,10)11)20-26-41(36)51-44(43)48/h12-29H,1-11H3. The summed E-state index contributed by atoms with van der Waals surface area (Å²) in [5, 5.41) is 1.35. The van der Waals surface area contributed by atoms with E-state index in [0.717, 1.165) is 0 Å². The molecule has 0 radical (unpaired) electrons. The lowest BCUT2D eigenvalue weighted by atomic mass is 9.36. The minimum absolute atomic E-state index is 0.0502. The van der Waals surface area contributed by atoms with Crippen LogP contribution in [-0.4, -0.2) is 6.71 Å². The maximum Gasteiger partial charge on any atom is 0.264 e. The van der Waals surface area contributed by atoms with E-state index in [9.17, 15) is 0 Å². The quantitative estimate of drug-likeness (QED) is 0.171. The fraction of sp³-hybridized carbons (Fsp3) is 0.319. The number of rotatable bonds is 3. The fourth-order valence-corrected chi connectivity index (χ4v) is 9.33. The number of anilines is 6. The molecule has 4 heteroatoms. The Morgan fingerprint density at radius 1 is 0.549 bits per heavy atom. The van der Waals surface area contributed by atoms with Crippen molar-refractivity contribution in [1.29, 1.82) is 0 Å². The molecule has 0 unspecified atom stereocenters. The molecule has 2 aliphatic rings. The Balaban J connectivity index is 1.45. The van der Waals surface area contributed by atoms with Gasteiger partial charge < -0.3 is 9.80 Å². The molecule has 2 nitrogen and oxygen atoms in total. The van der Waals surface area contributed by atoms with Crippen molar-refractivity contribution in [2.75, 3.05) is 9.80 Å². The first-order valence-electron chi connectivity index (χ1n) is 18.7. The number of nitrogens with zero attached hydrogens (tertiary/aromatic N) is 2. The third-order valence-corrected chi connectivity index (χ3v) is 12.3. The van der Waals surface area contributed by atoms with Crippen molar-refractivity contribution in [2.45, 2.75) is 98.3 Å². The van der Waals surface area contributed by atoms with E-state index in [-0.39, 0.29) is 23.0 Å². The van der Waals surface area contributed by atoms with E-state index >= 15 is 0 Å². The van der Waals surface area contributed by atoms with Crippen molar-refractivity contribution in [3.63, 3.8) is 0 Å². The Kier molecular flexibility index (Phi) is 7.71. The molecule has 0 fully saturated rings. The summed E-state index contributed by atoms with van der Waals surface area (Å²) in [4.78, 5) is 5.11. The topological polar surface area (TPSA) is 6.48 Å². The average Bonchev–Trinajstić information content (AvgIpc) is 3.45. The monoisotopic (exact) mass is 686 g/mol. The van der Waals surface area contributed by atoms with Crippen molar-refractivity contribution < 1.29 is 0 Å². The average molecular weight is 687 g/mol. The lowest BCUT2D eigenvalue weighted by Gasteiger charge is -2.43. The Labute approximate surface area is 310 Å². The van der Waals surface area contributed by atoms with Gasteiger partial charge in [0.25, 0.3) is 6.71 Å². The Morgan fingerprint density at radius 2 is 1.08 bits per heavy atom. The smallest absolute Gasteiger partial charge is 0.264 e. The molecule has 0 spiro atoms. The predicted octanol–water partition coefficient (Wildman–Crippen LogP) is 12.0. The number of thiophene rings is 1. The Morgan fingerprint density at radius 3 is 1.63 bits per heavy atom. The molecule has 0 bridgehead atoms. The first kappa shape index (κ1) is 33.8. The molecule has 0 aliphatic carbocycles. The normalized spacial score (nSPS) is 14.2. The molecule has 0 saturated heterocycles. The molecular weight excluding hydrogens is 635 g/mol. The van der Waals surface area contributed by atoms with E-state index < -0.39 is 0 Å². The van der Waals surface area contributed by atoms with Gasteiger partial charge in [-0.15, -0.1) is 11.3 Å². The molecule has 0 atom stereocenters. The maximum atomic E-state index is 2.58. The van der Waals surface area contributed by atoms with Crippen LogP contribution in [0.5, 0.6) is 0 Å². The minimum Gasteiger partial charge on any atom is -0.311 e. The highest BCUT2D eigenvalue weighted by Gasteiger charge is 2.45. The summed E-state index contributed by atoms with van der Waals surface area (Å²) in [6, 6.07) is 40.1. The largest absolute Gasteiger partial charge is 0.311 e. The van der Waals surface area contributed by atoms with Crippen LogP contribution >= 0.6 is 11.3 Å². The van der Waals surface area contributed by atoms with Crippen molar-refractivity contribution in [1.82, 2.24) is 0 Å². The summed E-state index contributed by atoms with van der Waals surface area (Å²) in [5.74, 6) is 0.434. The third kappa shape index (κ3) is 5.53. The van der Waals surface area contributed by atoms with E-state index in [4.69, 9.17) is 0 Å². The van der Waals surface area contributed by atoms with Crippen LogP contribution in [0.15, 0.2) is 103 Å². The molecular formula is C47H51BN2S. The fourth-order valence-electron chi connectivity index (χ4n) is 8.04. The molecule has 0 N–H and O–H groups in total. The van der Waals surface area contributed by atoms with Crippen molar-refractivity contribution in [3.05, 3.63) is 125 Å². The predicted molar refractivity (Wildman–Crippen MR) is 226 cm³/mol. The van der Waals surface area contributed by atoms with Gasteiger partial charge in [-0.05, 0) is 110 Å². The van der Waals surface area contributed by atoms with Crippen molar-refractivity contribution in [2.24, 2.45) is 0 Å². The summed E-state index contributed by atoms with van der Waals surface area (Å²) < 4.78 is 2.78. The first-order valence-corrected chi connectivity index (χ1v) is 19.5. The van der Waals surface area contributed by atoms with E-state index in [1.165, 1.54) is 82.2 Å². The molecule has 2 aliphatic heterocycles. The van der Waals surface area contributed by atoms with Crippen LogP contribution in [-0.2, 0) is 16.2 Å². The van der Waals surface area contributed by atoms with Crippen molar-refractivity contribution in [3.8, 4) is 0 Å². The van der Waals surface area contributed by atoms with Crippen LogP contribution in [0.3, 0.4) is 0 Å². The molecule has 3 heterocycles. The van der Waals surface area contributed by atoms with Crippen LogP contribution < -0.4 is 25.5 Å². The van der Waals surface area contributed by atoms with Crippen LogP contribution in [0, 0.1) is 0 Å². The summed E-state index contributed by atoms with van der Waals surface area (Å²) in [6.45, 7) is 25.5. The van der Waals surface area contributed by atoms with Crippen molar-refractivity contribution >= 4 is 78.0 Å².